The second-order valence-corrected chi connectivity index (χ2v) is 13.0. The molecule has 0 aliphatic carbocycles. The maximum atomic E-state index is 12.6. The van der Waals surface area contributed by atoms with Crippen LogP contribution in [-0.2, 0) is 28.5 Å². The zero-order valence-corrected chi connectivity index (χ0v) is 29.2. The van der Waals surface area contributed by atoms with Crippen LogP contribution in [0.15, 0.2) is 0 Å². The Labute approximate surface area is 308 Å². The van der Waals surface area contributed by atoms with Crippen LogP contribution in [0.1, 0.15) is 25.7 Å². The van der Waals surface area contributed by atoms with E-state index < -0.39 is 148 Å². The Kier molecular flexibility index (Phi) is 20.2. The van der Waals surface area contributed by atoms with Crippen LogP contribution in [0.5, 0.6) is 0 Å². The minimum atomic E-state index is -3.22. The lowest BCUT2D eigenvalue weighted by Crippen LogP contribution is -2.68. The van der Waals surface area contributed by atoms with Gasteiger partial charge in [-0.15, -0.1) is 0 Å². The van der Waals surface area contributed by atoms with Gasteiger partial charge in [0, 0.05) is 0 Å². The summed E-state index contributed by atoms with van der Waals surface area (Å²) in [6.07, 6.45) is -26.4. The summed E-state index contributed by atoms with van der Waals surface area (Å²) < 4.78 is 19.9. The molecule has 0 unspecified atom stereocenters. The van der Waals surface area contributed by atoms with Gasteiger partial charge in [0.2, 0.25) is 0 Å². The molecule has 2 fully saturated rings. The van der Waals surface area contributed by atoms with E-state index in [4.69, 9.17) is 18.9 Å². The number of ether oxygens (including phenoxy) is 4. The normalized spacial score (nSPS) is 35.2. The first-order chi connectivity index (χ1) is 25.3. The number of carbonyl (C=O) groups is 2. The molecule has 0 bridgehead atoms. The molecule has 2 heterocycles. The van der Waals surface area contributed by atoms with Crippen molar-refractivity contribution < 1.29 is 110 Å². The lowest BCUT2D eigenvalue weighted by Gasteiger charge is -2.46. The number of aliphatic hydroxyl groups excluding tert-OH is 14. The Balaban J connectivity index is 1.75. The summed E-state index contributed by atoms with van der Waals surface area (Å²) in [5, 5.41) is 166. The van der Waals surface area contributed by atoms with Gasteiger partial charge in [-0.2, -0.15) is 0 Å². The van der Waals surface area contributed by atoms with E-state index in [0.29, 0.717) is 25.7 Å². The number of nitrogens with one attached hydrogen (secondary N) is 2. The van der Waals surface area contributed by atoms with Gasteiger partial charge in [0.1, 0.15) is 73.2 Å². The first kappa shape index (κ1) is 48.6. The predicted octanol–water partition coefficient (Wildman–Crippen LogP) is -10.7. The average Bonchev–Trinajstić information content (AvgIpc) is 3.16. The SMILES string of the molecule is O=C(CNCCCCCCNCC(=O)[C@@H](O)[C@H](O[C@@]1(O)O[C@H](CO)[C@H](O)[C@H](O)[C@H]1O)[C@H](O)CO)[C@@H](O)[C@H](O[C@@]1(O)O[C@H](CO)[C@H](O)[C@H](O)[C@H]1O)[C@H](O)CO. The molecule has 24 nitrogen and oxygen atoms in total. The number of carbonyl (C=O) groups excluding carboxylic acids is 2. The molecule has 2 aliphatic heterocycles. The van der Waals surface area contributed by atoms with Crippen LogP contribution in [0.25, 0.3) is 0 Å². The second-order valence-electron chi connectivity index (χ2n) is 13.0. The van der Waals surface area contributed by atoms with Crippen molar-refractivity contribution in [2.45, 2.75) is 123 Å². The molecular formula is C30H56N2O22. The van der Waals surface area contributed by atoms with E-state index in [1.165, 1.54) is 0 Å². The van der Waals surface area contributed by atoms with Gasteiger partial charge in [0.25, 0.3) is 0 Å². The van der Waals surface area contributed by atoms with Crippen molar-refractivity contribution in [1.82, 2.24) is 10.6 Å². The summed E-state index contributed by atoms with van der Waals surface area (Å²) in [5.41, 5.74) is 0. The molecule has 0 aromatic carbocycles. The molecule has 0 aromatic rings. The molecule has 0 saturated carbocycles. The Morgan fingerprint density at radius 2 is 0.907 bits per heavy atom. The number of aliphatic hydroxyl groups is 16. The van der Waals surface area contributed by atoms with Crippen molar-refractivity contribution in [3.05, 3.63) is 0 Å². The lowest BCUT2D eigenvalue weighted by molar-refractivity contribution is -0.464. The van der Waals surface area contributed by atoms with Gasteiger partial charge in [-0.3, -0.25) is 9.59 Å². The van der Waals surface area contributed by atoms with Crippen molar-refractivity contribution >= 4 is 11.6 Å². The number of ketones is 2. The molecule has 0 amide bonds. The van der Waals surface area contributed by atoms with Crippen LogP contribution in [-0.4, -0.2) is 243 Å². The van der Waals surface area contributed by atoms with Crippen molar-refractivity contribution in [3.63, 3.8) is 0 Å². The Morgan fingerprint density at radius 1 is 0.574 bits per heavy atom. The van der Waals surface area contributed by atoms with Crippen molar-refractivity contribution in [2.24, 2.45) is 0 Å². The van der Waals surface area contributed by atoms with E-state index in [9.17, 15) is 91.3 Å². The zero-order chi connectivity index (χ0) is 41.0. The first-order valence-electron chi connectivity index (χ1n) is 17.2. The minimum absolute atomic E-state index is 0.257. The van der Waals surface area contributed by atoms with E-state index in [2.05, 4.69) is 10.6 Å². The molecule has 2 saturated heterocycles. The number of rotatable bonds is 25. The Hall–Kier alpha value is -1.54. The highest BCUT2D eigenvalue weighted by Gasteiger charge is 2.57. The summed E-state index contributed by atoms with van der Waals surface area (Å²) in [7, 11) is 0. The molecular weight excluding hydrogens is 740 g/mol. The summed E-state index contributed by atoms with van der Waals surface area (Å²) in [5.74, 6) is -8.39. The maximum absolute atomic E-state index is 12.6. The fourth-order valence-electron chi connectivity index (χ4n) is 5.60. The average molecular weight is 797 g/mol. The third-order valence-electron chi connectivity index (χ3n) is 8.94. The maximum Gasteiger partial charge on any atom is 0.311 e. The van der Waals surface area contributed by atoms with Crippen molar-refractivity contribution in [2.75, 3.05) is 52.6 Å². The number of hydrogen-bond acceptors (Lipinski definition) is 24. The van der Waals surface area contributed by atoms with Crippen molar-refractivity contribution in [1.29, 1.82) is 0 Å². The molecule has 2 rings (SSSR count). The smallest absolute Gasteiger partial charge is 0.311 e. The first-order valence-corrected chi connectivity index (χ1v) is 17.2. The highest BCUT2D eigenvalue weighted by Crippen LogP contribution is 2.33. The molecule has 18 N–H and O–H groups in total. The van der Waals surface area contributed by atoms with E-state index in [1.54, 1.807) is 0 Å². The third kappa shape index (κ3) is 12.5. The van der Waals surface area contributed by atoms with Crippen LogP contribution in [0.2, 0.25) is 0 Å². The molecule has 318 valence electrons. The van der Waals surface area contributed by atoms with Crippen LogP contribution in [0, 0.1) is 0 Å². The molecule has 0 spiro atoms. The van der Waals surface area contributed by atoms with E-state index in [1.807, 2.05) is 0 Å². The molecule has 24 heteroatoms. The summed E-state index contributed by atoms with van der Waals surface area (Å²) >= 11 is 0. The van der Waals surface area contributed by atoms with Gasteiger partial charge in [-0.1, -0.05) is 12.8 Å². The summed E-state index contributed by atoms with van der Waals surface area (Å²) in [4.78, 5) is 25.2. The molecule has 0 radical (unpaired) electrons. The van der Waals surface area contributed by atoms with E-state index in [0.717, 1.165) is 0 Å². The molecule has 16 atom stereocenters. The van der Waals surface area contributed by atoms with Crippen LogP contribution in [0.4, 0.5) is 0 Å². The fourth-order valence-corrected chi connectivity index (χ4v) is 5.60. The van der Waals surface area contributed by atoms with Gasteiger partial charge in [-0.05, 0) is 25.9 Å². The summed E-state index contributed by atoms with van der Waals surface area (Å²) in [6.45, 7) is -4.49. The molecule has 0 aromatic heterocycles. The van der Waals surface area contributed by atoms with Crippen molar-refractivity contribution in [3.8, 4) is 0 Å². The topological polar surface area (TPSA) is 419 Å². The van der Waals surface area contributed by atoms with Crippen LogP contribution in [0.3, 0.4) is 0 Å². The number of unbranched alkanes of at least 4 members (excludes halogenated alkanes) is 3. The zero-order valence-electron chi connectivity index (χ0n) is 29.2. The number of hydrogen-bond donors (Lipinski definition) is 18. The largest absolute Gasteiger partial charge is 0.394 e. The van der Waals surface area contributed by atoms with Gasteiger partial charge in [0.05, 0.1) is 39.5 Å². The van der Waals surface area contributed by atoms with Gasteiger partial charge < -0.3 is 111 Å². The van der Waals surface area contributed by atoms with Gasteiger partial charge in [-0.25, -0.2) is 0 Å². The molecule has 54 heavy (non-hydrogen) atoms. The second kappa shape index (κ2) is 22.4. The van der Waals surface area contributed by atoms with Crippen LogP contribution >= 0.6 is 0 Å². The highest BCUT2D eigenvalue weighted by molar-refractivity contribution is 5.85. The Morgan fingerprint density at radius 3 is 1.20 bits per heavy atom. The standard InChI is InChI=1S/C30H56N2O22/c33-9-15(39)25(53-29(49)27(47)23(45)21(43)17(11-35)51-29)19(41)13(37)7-31-5-3-1-2-4-6-32-8-14(38)20(42)26(16(40)10-34)54-30(50)28(48)24(46)22(44)18(12-36)52-30/h15-28,31-36,39-50H,1-12H2/t15-,16-,17-,18-,19-,20-,21+,22+,23+,24+,25-,26-,27-,28-,29+,30+/m1/s1. The van der Waals surface area contributed by atoms with E-state index >= 15 is 0 Å². The third-order valence-corrected chi connectivity index (χ3v) is 8.94. The molecule has 2 aliphatic rings. The monoisotopic (exact) mass is 796 g/mol. The van der Waals surface area contributed by atoms with Gasteiger partial charge in [0.15, 0.2) is 23.8 Å². The fraction of sp³-hybridized carbons (Fsp3) is 0.933. The lowest BCUT2D eigenvalue weighted by atomic mass is 9.97. The van der Waals surface area contributed by atoms with E-state index in [-0.39, 0.29) is 13.1 Å². The quantitative estimate of drug-likeness (QED) is 0.0301. The summed E-state index contributed by atoms with van der Waals surface area (Å²) in [6, 6.07) is 0. The number of Topliss-reactive ketones (excluding diaryl/α,β-unsaturated/α-hetero) is 2. The van der Waals surface area contributed by atoms with Crippen LogP contribution < -0.4 is 10.6 Å². The Bertz CT molecular complexity index is 1040. The van der Waals surface area contributed by atoms with Gasteiger partial charge >= 0.3 is 11.9 Å². The highest BCUT2D eigenvalue weighted by atomic mass is 16.9. The minimum Gasteiger partial charge on any atom is -0.394 e. The predicted molar refractivity (Wildman–Crippen MR) is 172 cm³/mol.